The van der Waals surface area contributed by atoms with Crippen molar-refractivity contribution in [2.24, 2.45) is 0 Å². The molecule has 0 aliphatic carbocycles. The normalized spacial score (nSPS) is 10.2. The molecular weight excluding hydrogens is 226 g/mol. The van der Waals surface area contributed by atoms with E-state index in [9.17, 15) is 4.79 Å². The van der Waals surface area contributed by atoms with Gasteiger partial charge in [-0.3, -0.25) is 4.79 Å². The van der Waals surface area contributed by atoms with Gasteiger partial charge in [-0.2, -0.15) is 0 Å². The second-order valence-electron chi connectivity index (χ2n) is 4.42. The average molecular weight is 242 g/mol. The molecule has 0 saturated carbocycles. The number of ether oxygens (including phenoxy) is 1. The van der Waals surface area contributed by atoms with Crippen molar-refractivity contribution in [3.05, 3.63) is 59.2 Å². The van der Waals surface area contributed by atoms with Crippen LogP contribution in [0.3, 0.4) is 0 Å². The molecule has 0 aliphatic heterocycles. The summed E-state index contributed by atoms with van der Waals surface area (Å²) in [7, 11) is 0. The molecule has 2 heteroatoms. The van der Waals surface area contributed by atoms with Crippen LogP contribution in [0.4, 0.5) is 0 Å². The summed E-state index contributed by atoms with van der Waals surface area (Å²) in [6, 6.07) is 13.3. The van der Waals surface area contributed by atoms with Gasteiger partial charge in [0.2, 0.25) is 0 Å². The molecular formula is C16H16O2. The van der Waals surface area contributed by atoms with E-state index in [4.69, 9.17) is 4.74 Å². The van der Waals surface area contributed by atoms with Crippen LogP contribution in [0.5, 0.6) is 11.5 Å². The van der Waals surface area contributed by atoms with Crippen LogP contribution in [0.25, 0.3) is 0 Å². The molecule has 0 saturated heterocycles. The topological polar surface area (TPSA) is 26.3 Å². The highest BCUT2D eigenvalue weighted by atomic mass is 16.5. The Morgan fingerprint density at radius 1 is 1.06 bits per heavy atom. The Bertz CT molecular complexity index is 585. The Labute approximate surface area is 107 Å². The van der Waals surface area contributed by atoms with E-state index in [-0.39, 0.29) is 5.78 Å². The van der Waals surface area contributed by atoms with Crippen LogP contribution < -0.4 is 4.74 Å². The molecule has 0 spiro atoms. The van der Waals surface area contributed by atoms with Gasteiger partial charge >= 0.3 is 0 Å². The summed E-state index contributed by atoms with van der Waals surface area (Å²) in [6.45, 7) is 5.59. The largest absolute Gasteiger partial charge is 0.456 e. The van der Waals surface area contributed by atoms with Crippen molar-refractivity contribution in [3.63, 3.8) is 0 Å². The van der Waals surface area contributed by atoms with Crippen LogP contribution in [-0.4, -0.2) is 5.78 Å². The van der Waals surface area contributed by atoms with Crippen molar-refractivity contribution in [1.29, 1.82) is 0 Å². The van der Waals surface area contributed by atoms with E-state index in [1.165, 1.54) is 5.56 Å². The summed E-state index contributed by atoms with van der Waals surface area (Å²) in [4.78, 5) is 11.5. The summed E-state index contributed by atoms with van der Waals surface area (Å²) in [5, 5.41) is 0. The summed E-state index contributed by atoms with van der Waals surface area (Å²) in [5.74, 6) is 1.40. The lowest BCUT2D eigenvalue weighted by Gasteiger charge is -2.11. The maximum Gasteiger partial charge on any atom is 0.163 e. The Kier molecular flexibility index (Phi) is 3.47. The van der Waals surface area contributed by atoms with Gasteiger partial charge in [0.1, 0.15) is 11.5 Å². The van der Waals surface area contributed by atoms with Crippen molar-refractivity contribution >= 4 is 5.78 Å². The molecule has 0 aliphatic rings. The van der Waals surface area contributed by atoms with Crippen molar-refractivity contribution in [2.75, 3.05) is 0 Å². The van der Waals surface area contributed by atoms with Gasteiger partial charge in [-0.05, 0) is 44.5 Å². The molecule has 0 bridgehead atoms. The fourth-order valence-electron chi connectivity index (χ4n) is 1.88. The second-order valence-corrected chi connectivity index (χ2v) is 4.42. The zero-order chi connectivity index (χ0) is 13.1. The molecule has 2 nitrogen and oxygen atoms in total. The van der Waals surface area contributed by atoms with E-state index in [0.717, 1.165) is 11.3 Å². The molecule has 0 N–H and O–H groups in total. The summed E-state index contributed by atoms with van der Waals surface area (Å²) >= 11 is 0. The first-order valence-electron chi connectivity index (χ1n) is 5.93. The first kappa shape index (κ1) is 12.4. The lowest BCUT2D eigenvalue weighted by atomic mass is 10.1. The minimum absolute atomic E-state index is 0.00960. The monoisotopic (exact) mass is 242 g/mol. The quantitative estimate of drug-likeness (QED) is 0.750. The molecule has 92 valence electrons. The number of hydrogen-bond acceptors (Lipinski definition) is 2. The number of ketones is 1. The van der Waals surface area contributed by atoms with Gasteiger partial charge in [0.15, 0.2) is 5.78 Å². The molecule has 0 amide bonds. The first-order chi connectivity index (χ1) is 8.58. The van der Waals surface area contributed by atoms with E-state index in [1.54, 1.807) is 13.0 Å². The van der Waals surface area contributed by atoms with Crippen LogP contribution in [-0.2, 0) is 0 Å². The van der Waals surface area contributed by atoms with E-state index in [0.29, 0.717) is 11.3 Å². The number of benzene rings is 2. The van der Waals surface area contributed by atoms with Crippen LogP contribution >= 0.6 is 0 Å². The summed E-state index contributed by atoms with van der Waals surface area (Å²) < 4.78 is 5.84. The van der Waals surface area contributed by atoms with Crippen molar-refractivity contribution in [1.82, 2.24) is 0 Å². The third-order valence-electron chi connectivity index (χ3n) is 2.82. The van der Waals surface area contributed by atoms with Gasteiger partial charge in [0.25, 0.3) is 0 Å². The molecule has 0 aromatic heterocycles. The Morgan fingerprint density at radius 3 is 2.44 bits per heavy atom. The fourth-order valence-corrected chi connectivity index (χ4v) is 1.88. The summed E-state index contributed by atoms with van der Waals surface area (Å²) in [5.41, 5.74) is 2.87. The van der Waals surface area contributed by atoms with Gasteiger partial charge in [-0.25, -0.2) is 0 Å². The lowest BCUT2D eigenvalue weighted by Crippen LogP contribution is -1.97. The number of rotatable bonds is 3. The molecule has 2 rings (SSSR count). The SMILES string of the molecule is Cc1ccc(Oc2ccccc2C([14CH3])=O)c(C)c1. The number of carbonyl (C=O) groups excluding carboxylic acids is 1. The second kappa shape index (κ2) is 5.05. The standard InChI is InChI=1S/C16H16O2/c1-11-8-9-15(12(2)10-11)18-16-7-5-4-6-14(16)13(3)17/h4-10H,1-3H3/i3+2. The maximum absolute atomic E-state index is 11.5. The number of aryl methyl sites for hydroxylation is 2. The van der Waals surface area contributed by atoms with Crippen LogP contribution in [0.1, 0.15) is 28.4 Å². The third kappa shape index (κ3) is 2.59. The maximum atomic E-state index is 11.5. The third-order valence-corrected chi connectivity index (χ3v) is 2.82. The number of Topliss-reactive ketones (excluding diaryl/α,β-unsaturated/α-hetero) is 1. The summed E-state index contributed by atoms with van der Waals surface area (Å²) in [6.07, 6.45) is 0. The number of hydrogen-bond donors (Lipinski definition) is 0. The Hall–Kier alpha value is -2.09. The molecule has 0 radical (unpaired) electrons. The van der Waals surface area contributed by atoms with Gasteiger partial charge < -0.3 is 4.74 Å². The fraction of sp³-hybridized carbons (Fsp3) is 0.188. The Morgan fingerprint density at radius 2 is 1.78 bits per heavy atom. The van der Waals surface area contributed by atoms with E-state index >= 15 is 0 Å². The van der Waals surface area contributed by atoms with Crippen LogP contribution in [0.2, 0.25) is 0 Å². The molecule has 2 aromatic rings. The Balaban J connectivity index is 2.37. The predicted molar refractivity (Wildman–Crippen MR) is 72.4 cm³/mol. The highest BCUT2D eigenvalue weighted by Crippen LogP contribution is 2.28. The smallest absolute Gasteiger partial charge is 0.163 e. The van der Waals surface area contributed by atoms with Crippen molar-refractivity contribution in [3.8, 4) is 11.5 Å². The zero-order valence-corrected chi connectivity index (χ0v) is 10.9. The highest BCUT2D eigenvalue weighted by Gasteiger charge is 2.09. The molecule has 0 atom stereocenters. The molecule has 2 aromatic carbocycles. The minimum atomic E-state index is 0.00960. The molecule has 0 unspecified atom stereocenters. The van der Waals surface area contributed by atoms with E-state index in [1.807, 2.05) is 44.2 Å². The van der Waals surface area contributed by atoms with Gasteiger partial charge in [-0.1, -0.05) is 29.8 Å². The van der Waals surface area contributed by atoms with E-state index < -0.39 is 0 Å². The van der Waals surface area contributed by atoms with Crippen molar-refractivity contribution in [2.45, 2.75) is 20.8 Å². The van der Waals surface area contributed by atoms with Crippen LogP contribution in [0.15, 0.2) is 42.5 Å². The predicted octanol–water partition coefficient (Wildman–Crippen LogP) is 4.30. The number of carbonyl (C=O) groups is 1. The minimum Gasteiger partial charge on any atom is -0.456 e. The van der Waals surface area contributed by atoms with Crippen LogP contribution in [0, 0.1) is 13.8 Å². The zero-order valence-electron chi connectivity index (χ0n) is 10.9. The first-order valence-corrected chi connectivity index (χ1v) is 5.93. The van der Waals surface area contributed by atoms with Gasteiger partial charge in [0.05, 0.1) is 5.56 Å². The lowest BCUT2D eigenvalue weighted by molar-refractivity contribution is 0.101. The highest BCUT2D eigenvalue weighted by molar-refractivity contribution is 5.96. The molecule has 18 heavy (non-hydrogen) atoms. The van der Waals surface area contributed by atoms with E-state index in [2.05, 4.69) is 6.07 Å². The van der Waals surface area contributed by atoms with Crippen molar-refractivity contribution < 1.29 is 9.53 Å². The number of para-hydroxylation sites is 1. The van der Waals surface area contributed by atoms with Gasteiger partial charge in [0, 0.05) is 0 Å². The molecule has 0 fully saturated rings. The average Bonchev–Trinajstić information content (AvgIpc) is 2.33. The molecule has 0 heterocycles. The van der Waals surface area contributed by atoms with Gasteiger partial charge in [-0.15, -0.1) is 0 Å².